The van der Waals surface area contributed by atoms with Gasteiger partial charge in [-0.15, -0.1) is 0 Å². The molecule has 1 aromatic carbocycles. The minimum atomic E-state index is -0.568. The van der Waals surface area contributed by atoms with Gasteiger partial charge in [0, 0.05) is 32.4 Å². The number of carbonyl (C=O) groups excluding carboxylic acids is 2. The number of pyridine rings is 1. The van der Waals surface area contributed by atoms with Crippen molar-refractivity contribution in [3.8, 4) is 5.75 Å². The Morgan fingerprint density at radius 1 is 1.07 bits per heavy atom. The molecule has 0 saturated carbocycles. The monoisotopic (exact) mass is 370 g/mol. The fourth-order valence-corrected chi connectivity index (χ4v) is 2.81. The lowest BCUT2D eigenvalue weighted by molar-refractivity contribution is 0.0599. The Labute approximate surface area is 153 Å². The quantitative estimate of drug-likeness (QED) is 0.688. The van der Waals surface area contributed by atoms with Crippen LogP contribution in [0.5, 0.6) is 5.75 Å². The molecule has 3 heterocycles. The molecule has 0 unspecified atom stereocenters. The molecule has 1 fully saturated rings. The molecule has 4 rings (SSSR count). The number of ether oxygens (including phenoxy) is 1. The first-order valence-electron chi connectivity index (χ1n) is 8.33. The predicted molar refractivity (Wildman–Crippen MR) is 91.7 cm³/mol. The second-order valence-corrected chi connectivity index (χ2v) is 5.94. The molecule has 1 aliphatic rings. The summed E-state index contributed by atoms with van der Waals surface area (Å²) in [6, 6.07) is 7.63. The van der Waals surface area contributed by atoms with Gasteiger partial charge in [0.1, 0.15) is 5.52 Å². The number of halogens is 1. The van der Waals surface area contributed by atoms with Crippen LogP contribution in [0.25, 0.3) is 11.1 Å². The zero-order valence-electron chi connectivity index (χ0n) is 14.2. The number of carbonyl (C=O) groups is 2. The van der Waals surface area contributed by atoms with E-state index in [0.29, 0.717) is 31.9 Å². The molecule has 0 spiro atoms. The van der Waals surface area contributed by atoms with E-state index in [0.717, 1.165) is 0 Å². The van der Waals surface area contributed by atoms with E-state index in [4.69, 9.17) is 9.15 Å². The zero-order chi connectivity index (χ0) is 18.8. The number of amides is 2. The Kier molecular flexibility index (Phi) is 4.41. The smallest absolute Gasteiger partial charge is 0.415 e. The number of oxazole rings is 1. The topological polar surface area (TPSA) is 88.8 Å². The summed E-state index contributed by atoms with van der Waals surface area (Å²) in [6.07, 6.45) is 2.53. The first-order chi connectivity index (χ1) is 13.1. The summed E-state index contributed by atoms with van der Waals surface area (Å²) in [4.78, 5) is 35.7. The van der Waals surface area contributed by atoms with Crippen LogP contribution in [0.1, 0.15) is 10.7 Å². The Morgan fingerprint density at radius 2 is 1.85 bits per heavy atom. The van der Waals surface area contributed by atoms with E-state index in [1.165, 1.54) is 28.1 Å². The van der Waals surface area contributed by atoms with Gasteiger partial charge in [-0.05, 0) is 24.3 Å². The third-order valence-electron chi connectivity index (χ3n) is 4.21. The second-order valence-electron chi connectivity index (χ2n) is 5.94. The van der Waals surface area contributed by atoms with Crippen molar-refractivity contribution in [3.63, 3.8) is 0 Å². The number of hydrogen-bond acceptors (Lipinski definition) is 6. The van der Waals surface area contributed by atoms with Gasteiger partial charge in [-0.25, -0.2) is 14.2 Å². The molecule has 0 aliphatic carbocycles. The van der Waals surface area contributed by atoms with Gasteiger partial charge in [-0.2, -0.15) is 0 Å². The van der Waals surface area contributed by atoms with E-state index in [1.54, 1.807) is 24.4 Å². The van der Waals surface area contributed by atoms with Gasteiger partial charge < -0.3 is 19.0 Å². The van der Waals surface area contributed by atoms with Crippen molar-refractivity contribution >= 4 is 23.1 Å². The number of hydrogen-bond donors (Lipinski definition) is 0. The zero-order valence-corrected chi connectivity index (χ0v) is 14.2. The Bertz CT molecular complexity index is 983. The van der Waals surface area contributed by atoms with Crippen molar-refractivity contribution in [1.82, 2.24) is 19.8 Å². The van der Waals surface area contributed by atoms with Gasteiger partial charge in [-0.3, -0.25) is 9.78 Å². The molecule has 1 aliphatic heterocycles. The van der Waals surface area contributed by atoms with E-state index >= 15 is 0 Å². The highest BCUT2D eigenvalue weighted by Crippen LogP contribution is 2.20. The molecule has 2 amide bonds. The minimum Gasteiger partial charge on any atom is -0.429 e. The van der Waals surface area contributed by atoms with Crippen LogP contribution in [0.3, 0.4) is 0 Å². The second kappa shape index (κ2) is 7.02. The molecule has 27 heavy (non-hydrogen) atoms. The van der Waals surface area contributed by atoms with E-state index in [-0.39, 0.29) is 17.0 Å². The Hall–Kier alpha value is -3.49. The number of piperazine rings is 1. The number of nitrogens with zero attached hydrogens (tertiary/aromatic N) is 4. The van der Waals surface area contributed by atoms with Gasteiger partial charge >= 0.3 is 12.0 Å². The highest BCUT2D eigenvalue weighted by Gasteiger charge is 2.28. The van der Waals surface area contributed by atoms with Gasteiger partial charge in [0.05, 0.1) is 6.20 Å². The van der Waals surface area contributed by atoms with Crippen LogP contribution in [0, 0.1) is 5.82 Å². The summed E-state index contributed by atoms with van der Waals surface area (Å²) in [5, 5.41) is 0. The predicted octanol–water partition coefficient (Wildman–Crippen LogP) is 2.32. The molecule has 2 aromatic heterocycles. The standard InChI is InChI=1S/C18H15FN4O4/c19-13-4-1-5-14-15(13)27-16(21-14)17(24)22-7-9-23(10-8-22)18(25)26-12-3-2-6-20-11-12/h1-6,11H,7-10H2. The molecular weight excluding hydrogens is 355 g/mol. The number of fused-ring (bicyclic) bond motifs is 1. The number of aromatic nitrogens is 2. The van der Waals surface area contributed by atoms with E-state index < -0.39 is 17.8 Å². The van der Waals surface area contributed by atoms with Crippen LogP contribution in [-0.2, 0) is 0 Å². The minimum absolute atomic E-state index is 0.0421. The summed E-state index contributed by atoms with van der Waals surface area (Å²) < 4.78 is 24.2. The van der Waals surface area contributed by atoms with Crippen LogP contribution in [0.4, 0.5) is 9.18 Å². The molecule has 0 bridgehead atoms. The lowest BCUT2D eigenvalue weighted by Crippen LogP contribution is -2.51. The molecule has 8 nitrogen and oxygen atoms in total. The molecule has 138 valence electrons. The molecule has 0 radical (unpaired) electrons. The maximum atomic E-state index is 13.7. The van der Waals surface area contributed by atoms with Gasteiger partial charge in [0.15, 0.2) is 17.1 Å². The fraction of sp³-hybridized carbons (Fsp3) is 0.222. The van der Waals surface area contributed by atoms with E-state index in [2.05, 4.69) is 9.97 Å². The van der Waals surface area contributed by atoms with Crippen molar-refractivity contribution in [2.45, 2.75) is 0 Å². The molecule has 3 aromatic rings. The Balaban J connectivity index is 1.39. The van der Waals surface area contributed by atoms with Crippen LogP contribution >= 0.6 is 0 Å². The SMILES string of the molecule is O=C(Oc1cccnc1)N1CCN(C(=O)c2nc3cccc(F)c3o2)CC1. The maximum absolute atomic E-state index is 13.7. The largest absolute Gasteiger partial charge is 0.429 e. The van der Waals surface area contributed by atoms with Gasteiger partial charge in [0.25, 0.3) is 5.89 Å². The van der Waals surface area contributed by atoms with Crippen LogP contribution in [-0.4, -0.2) is 57.9 Å². The molecule has 0 N–H and O–H groups in total. The Morgan fingerprint density at radius 3 is 2.56 bits per heavy atom. The van der Waals surface area contributed by atoms with Crippen molar-refractivity contribution in [1.29, 1.82) is 0 Å². The lowest BCUT2D eigenvalue weighted by atomic mass is 10.3. The molecule has 1 saturated heterocycles. The average Bonchev–Trinajstić information content (AvgIpc) is 3.14. The number of benzene rings is 1. The summed E-state index contributed by atoms with van der Waals surface area (Å²) in [6.45, 7) is 1.20. The van der Waals surface area contributed by atoms with Crippen molar-refractivity contribution < 1.29 is 23.1 Å². The first kappa shape index (κ1) is 17.0. The molecule has 9 heteroatoms. The summed E-state index contributed by atoms with van der Waals surface area (Å²) in [7, 11) is 0. The van der Waals surface area contributed by atoms with Crippen molar-refractivity contribution in [2.75, 3.05) is 26.2 Å². The van der Waals surface area contributed by atoms with E-state index in [9.17, 15) is 14.0 Å². The third kappa shape index (κ3) is 3.43. The first-order valence-corrected chi connectivity index (χ1v) is 8.33. The number of para-hydroxylation sites is 1. The van der Waals surface area contributed by atoms with Crippen LogP contribution in [0.2, 0.25) is 0 Å². The highest BCUT2D eigenvalue weighted by atomic mass is 19.1. The lowest BCUT2D eigenvalue weighted by Gasteiger charge is -2.33. The average molecular weight is 370 g/mol. The summed E-state index contributed by atoms with van der Waals surface area (Å²) in [5.41, 5.74) is 0.247. The van der Waals surface area contributed by atoms with E-state index in [1.807, 2.05) is 0 Å². The van der Waals surface area contributed by atoms with Crippen molar-refractivity contribution in [2.24, 2.45) is 0 Å². The van der Waals surface area contributed by atoms with Crippen LogP contribution < -0.4 is 4.74 Å². The maximum Gasteiger partial charge on any atom is 0.415 e. The summed E-state index contributed by atoms with van der Waals surface area (Å²) in [5.74, 6) is -0.816. The molecule has 0 atom stereocenters. The third-order valence-corrected chi connectivity index (χ3v) is 4.21. The molecular formula is C18H15FN4O4. The van der Waals surface area contributed by atoms with Crippen LogP contribution in [0.15, 0.2) is 47.1 Å². The number of rotatable bonds is 2. The van der Waals surface area contributed by atoms with Crippen molar-refractivity contribution in [3.05, 3.63) is 54.4 Å². The fourth-order valence-electron chi connectivity index (χ4n) is 2.81. The normalized spacial score (nSPS) is 14.4. The van der Waals surface area contributed by atoms with Gasteiger partial charge in [-0.1, -0.05) is 6.07 Å². The highest BCUT2D eigenvalue weighted by molar-refractivity contribution is 5.92. The summed E-state index contributed by atoms with van der Waals surface area (Å²) >= 11 is 0. The van der Waals surface area contributed by atoms with Gasteiger partial charge in [0.2, 0.25) is 0 Å².